The van der Waals surface area contributed by atoms with Crippen molar-refractivity contribution in [3.63, 3.8) is 0 Å². The second-order valence-corrected chi connectivity index (χ2v) is 6.49. The number of anilines is 1. The molecule has 0 saturated heterocycles. The van der Waals surface area contributed by atoms with Crippen LogP contribution in [0.2, 0.25) is 0 Å². The largest absolute Gasteiger partial charge is 0.447 e. The maximum atomic E-state index is 12.7. The Balaban J connectivity index is 1.69. The molecule has 1 N–H and O–H groups in total. The van der Waals surface area contributed by atoms with Crippen LogP contribution in [0.4, 0.5) is 5.82 Å². The van der Waals surface area contributed by atoms with Crippen molar-refractivity contribution in [1.82, 2.24) is 14.9 Å². The average Bonchev–Trinajstić information content (AvgIpc) is 3.22. The lowest BCUT2D eigenvalue weighted by atomic mass is 10.1. The monoisotopic (exact) mass is 382 g/mol. The van der Waals surface area contributed by atoms with Gasteiger partial charge in [-0.2, -0.15) is 5.10 Å². The van der Waals surface area contributed by atoms with Crippen molar-refractivity contribution in [3.05, 3.63) is 65.2 Å². The summed E-state index contributed by atoms with van der Waals surface area (Å²) in [4.78, 5) is 25.1. The van der Waals surface area contributed by atoms with Gasteiger partial charge in [-0.05, 0) is 26.8 Å². The van der Waals surface area contributed by atoms with E-state index >= 15 is 0 Å². The molecular weight excluding hydrogens is 360 g/mol. The second-order valence-electron chi connectivity index (χ2n) is 6.49. The topological polar surface area (TPSA) is 99.2 Å². The van der Waals surface area contributed by atoms with Gasteiger partial charge in [-0.25, -0.2) is 0 Å². The molecule has 0 bridgehead atoms. The molecule has 0 aliphatic carbocycles. The van der Waals surface area contributed by atoms with E-state index in [2.05, 4.69) is 15.6 Å². The molecule has 0 aliphatic heterocycles. The molecule has 3 aromatic rings. The van der Waals surface area contributed by atoms with E-state index < -0.39 is 18.0 Å². The van der Waals surface area contributed by atoms with Gasteiger partial charge in [-0.3, -0.25) is 14.3 Å². The van der Waals surface area contributed by atoms with Gasteiger partial charge >= 0.3 is 5.97 Å². The van der Waals surface area contributed by atoms with Crippen molar-refractivity contribution in [2.75, 3.05) is 5.32 Å². The molecule has 1 atom stereocenters. The summed E-state index contributed by atoms with van der Waals surface area (Å²) in [7, 11) is 0. The maximum Gasteiger partial charge on any atom is 0.308 e. The van der Waals surface area contributed by atoms with E-state index in [1.807, 2.05) is 26.0 Å². The zero-order valence-electron chi connectivity index (χ0n) is 16.0. The van der Waals surface area contributed by atoms with Gasteiger partial charge in [-0.1, -0.05) is 35.5 Å². The summed E-state index contributed by atoms with van der Waals surface area (Å²) < 4.78 is 12.2. The Labute approximate surface area is 162 Å². The fourth-order valence-corrected chi connectivity index (χ4v) is 2.81. The van der Waals surface area contributed by atoms with Gasteiger partial charge in [0.1, 0.15) is 5.76 Å². The van der Waals surface area contributed by atoms with E-state index in [9.17, 15) is 9.59 Å². The Bertz CT molecular complexity index is 962. The number of carbonyl (C=O) groups is 2. The number of amides is 1. The van der Waals surface area contributed by atoms with E-state index in [1.165, 1.54) is 0 Å². The van der Waals surface area contributed by atoms with Crippen LogP contribution >= 0.6 is 0 Å². The molecule has 2 heterocycles. The number of nitrogens with one attached hydrogen (secondary N) is 1. The van der Waals surface area contributed by atoms with E-state index in [4.69, 9.17) is 9.26 Å². The third-order valence-electron chi connectivity index (χ3n) is 4.10. The van der Waals surface area contributed by atoms with E-state index in [0.29, 0.717) is 17.9 Å². The molecule has 146 valence electrons. The Morgan fingerprint density at radius 1 is 1.18 bits per heavy atom. The molecule has 0 radical (unpaired) electrons. The Morgan fingerprint density at radius 2 is 1.93 bits per heavy atom. The fourth-order valence-electron chi connectivity index (χ4n) is 2.81. The fraction of sp³-hybridized carbons (Fsp3) is 0.300. The molecule has 8 heteroatoms. The van der Waals surface area contributed by atoms with Crippen molar-refractivity contribution < 1.29 is 18.8 Å². The van der Waals surface area contributed by atoms with Crippen LogP contribution in [0.1, 0.15) is 35.2 Å². The molecule has 0 spiro atoms. The molecule has 8 nitrogen and oxygen atoms in total. The standard InChI is InChI=1S/C20H22N4O4/c1-13-11-14(2)24(22-13)10-9-18(25)27-19(16-7-5-4-6-8-16)20(26)21-17-12-15(3)28-23-17/h4-8,11-12,19H,9-10H2,1-3H3,(H,21,23,26). The predicted octanol–water partition coefficient (Wildman–Crippen LogP) is 3.11. The summed E-state index contributed by atoms with van der Waals surface area (Å²) in [5.74, 6) is -0.164. The average molecular weight is 382 g/mol. The number of benzene rings is 1. The van der Waals surface area contributed by atoms with Gasteiger partial charge in [0.15, 0.2) is 5.82 Å². The molecule has 1 amide bonds. The quantitative estimate of drug-likeness (QED) is 0.630. The first-order valence-corrected chi connectivity index (χ1v) is 8.92. The van der Waals surface area contributed by atoms with Crippen molar-refractivity contribution in [3.8, 4) is 0 Å². The molecule has 3 rings (SSSR count). The first kappa shape index (κ1) is 19.3. The van der Waals surface area contributed by atoms with E-state index in [-0.39, 0.29) is 12.2 Å². The third-order valence-corrected chi connectivity index (χ3v) is 4.10. The highest BCUT2D eigenvalue weighted by molar-refractivity contribution is 5.95. The smallest absolute Gasteiger partial charge is 0.308 e. The second kappa shape index (κ2) is 8.51. The number of nitrogens with zero attached hydrogens (tertiary/aromatic N) is 3. The molecule has 0 aliphatic rings. The van der Waals surface area contributed by atoms with Gasteiger partial charge < -0.3 is 14.6 Å². The van der Waals surface area contributed by atoms with Crippen LogP contribution in [0, 0.1) is 20.8 Å². The molecule has 2 aromatic heterocycles. The molecule has 28 heavy (non-hydrogen) atoms. The predicted molar refractivity (Wildman–Crippen MR) is 101 cm³/mol. The first-order chi connectivity index (χ1) is 13.4. The SMILES string of the molecule is Cc1cc(C)n(CCC(=O)OC(C(=O)Nc2cc(C)on2)c2ccccc2)n1. The minimum Gasteiger partial charge on any atom is -0.447 e. The summed E-state index contributed by atoms with van der Waals surface area (Å²) in [6, 6.07) is 12.4. The summed E-state index contributed by atoms with van der Waals surface area (Å²) in [6.07, 6.45) is -0.993. The van der Waals surface area contributed by atoms with Crippen molar-refractivity contribution >= 4 is 17.7 Å². The third kappa shape index (κ3) is 4.85. The molecule has 0 fully saturated rings. The van der Waals surface area contributed by atoms with Crippen molar-refractivity contribution in [1.29, 1.82) is 0 Å². The number of rotatable bonds is 7. The van der Waals surface area contributed by atoms with Crippen LogP contribution in [0.25, 0.3) is 0 Å². The maximum absolute atomic E-state index is 12.7. The van der Waals surface area contributed by atoms with Crippen molar-refractivity contribution in [2.24, 2.45) is 0 Å². The summed E-state index contributed by atoms with van der Waals surface area (Å²) in [5.41, 5.74) is 2.42. The zero-order chi connectivity index (χ0) is 20.1. The lowest BCUT2D eigenvalue weighted by Crippen LogP contribution is -2.26. The van der Waals surface area contributed by atoms with Gasteiger partial charge in [0.05, 0.1) is 18.7 Å². The summed E-state index contributed by atoms with van der Waals surface area (Å²) in [5, 5.41) is 10.7. The molecule has 1 aromatic carbocycles. The van der Waals surface area contributed by atoms with Crippen LogP contribution in [0.5, 0.6) is 0 Å². The Morgan fingerprint density at radius 3 is 2.54 bits per heavy atom. The number of hydrogen-bond acceptors (Lipinski definition) is 6. The highest BCUT2D eigenvalue weighted by atomic mass is 16.5. The zero-order valence-corrected chi connectivity index (χ0v) is 16.0. The Hall–Kier alpha value is -3.42. The van der Waals surface area contributed by atoms with Crippen LogP contribution < -0.4 is 5.32 Å². The molecule has 1 unspecified atom stereocenters. The Kier molecular flexibility index (Phi) is 5.88. The number of aryl methyl sites for hydroxylation is 4. The first-order valence-electron chi connectivity index (χ1n) is 8.92. The van der Waals surface area contributed by atoms with Gasteiger partial charge in [-0.15, -0.1) is 0 Å². The van der Waals surface area contributed by atoms with E-state index in [0.717, 1.165) is 11.4 Å². The summed E-state index contributed by atoms with van der Waals surface area (Å²) >= 11 is 0. The lowest BCUT2D eigenvalue weighted by molar-refractivity contribution is -0.155. The van der Waals surface area contributed by atoms with E-state index in [1.54, 1.807) is 41.9 Å². The van der Waals surface area contributed by atoms with Gasteiger partial charge in [0.25, 0.3) is 5.91 Å². The van der Waals surface area contributed by atoms with Gasteiger partial charge in [0.2, 0.25) is 6.10 Å². The number of ether oxygens (including phenoxy) is 1. The number of aromatic nitrogens is 3. The highest BCUT2D eigenvalue weighted by Gasteiger charge is 2.26. The highest BCUT2D eigenvalue weighted by Crippen LogP contribution is 2.21. The minimum absolute atomic E-state index is 0.0989. The lowest BCUT2D eigenvalue weighted by Gasteiger charge is -2.17. The molecular formula is C20H22N4O4. The van der Waals surface area contributed by atoms with Crippen LogP contribution in [0.3, 0.4) is 0 Å². The van der Waals surface area contributed by atoms with Gasteiger partial charge in [0, 0.05) is 17.3 Å². The number of carbonyl (C=O) groups excluding carboxylic acids is 2. The minimum atomic E-state index is -1.09. The van der Waals surface area contributed by atoms with Crippen LogP contribution in [0.15, 0.2) is 47.0 Å². The van der Waals surface area contributed by atoms with Crippen molar-refractivity contribution in [2.45, 2.75) is 39.8 Å². The number of esters is 1. The molecule has 0 saturated carbocycles. The van der Waals surface area contributed by atoms with Crippen LogP contribution in [-0.2, 0) is 20.9 Å². The summed E-state index contributed by atoms with van der Waals surface area (Å²) in [6.45, 7) is 5.91. The van der Waals surface area contributed by atoms with Crippen LogP contribution in [-0.4, -0.2) is 26.8 Å². The number of hydrogen-bond donors (Lipinski definition) is 1. The normalized spacial score (nSPS) is 11.8.